The zero-order valence-corrected chi connectivity index (χ0v) is 20.5. The van der Waals surface area contributed by atoms with E-state index in [0.717, 1.165) is 17.3 Å². The molecular weight excluding hydrogens is 507 g/mol. The lowest BCUT2D eigenvalue weighted by molar-refractivity contribution is -0.115. The first-order valence-electron chi connectivity index (χ1n) is 10.8. The van der Waals surface area contributed by atoms with Gasteiger partial charge in [0.25, 0.3) is 5.91 Å². The summed E-state index contributed by atoms with van der Waals surface area (Å²) in [7, 11) is 0. The Hall–Kier alpha value is -3.82. The molecule has 0 bridgehead atoms. The molecule has 0 unspecified atom stereocenters. The number of nitrogens with zero attached hydrogens (tertiary/aromatic N) is 1. The molecule has 36 heavy (non-hydrogen) atoms. The second kappa shape index (κ2) is 11.3. The molecule has 1 saturated heterocycles. The summed E-state index contributed by atoms with van der Waals surface area (Å²) in [6.45, 7) is 2.34. The molecule has 0 atom stereocenters. The number of amidine groups is 1. The second-order valence-corrected chi connectivity index (χ2v) is 8.95. The van der Waals surface area contributed by atoms with Crippen LogP contribution in [-0.2, 0) is 11.4 Å². The fraction of sp³-hybridized carbons (Fsp3) is 0.115. The lowest BCUT2D eigenvalue weighted by atomic mass is 10.1. The van der Waals surface area contributed by atoms with Gasteiger partial charge in [-0.1, -0.05) is 23.7 Å². The Morgan fingerprint density at radius 2 is 1.86 bits per heavy atom. The van der Waals surface area contributed by atoms with Gasteiger partial charge in [-0.15, -0.1) is 0 Å². The van der Waals surface area contributed by atoms with Crippen LogP contribution < -0.4 is 14.8 Å². The fourth-order valence-electron chi connectivity index (χ4n) is 3.24. The number of carbonyl (C=O) groups excluding carboxylic acids is 1. The Kier molecular flexibility index (Phi) is 7.92. The highest BCUT2D eigenvalue weighted by Gasteiger charge is 2.24. The van der Waals surface area contributed by atoms with Crippen molar-refractivity contribution >= 4 is 52.2 Å². The average molecular weight is 527 g/mol. The molecule has 3 aromatic rings. The number of carbonyl (C=O) groups is 2. The molecule has 2 N–H and O–H groups in total. The number of ether oxygens (including phenoxy) is 2. The molecule has 10 heteroatoms. The van der Waals surface area contributed by atoms with Crippen LogP contribution in [0, 0.1) is 5.82 Å². The molecule has 1 heterocycles. The van der Waals surface area contributed by atoms with E-state index in [1.165, 1.54) is 36.4 Å². The summed E-state index contributed by atoms with van der Waals surface area (Å²) in [5, 5.41) is 12.4. The predicted octanol–water partition coefficient (Wildman–Crippen LogP) is 6.05. The van der Waals surface area contributed by atoms with Gasteiger partial charge >= 0.3 is 5.97 Å². The largest absolute Gasteiger partial charge is 0.490 e. The van der Waals surface area contributed by atoms with Crippen LogP contribution in [0.3, 0.4) is 0 Å². The molecular formula is C26H20ClFN2O5S. The summed E-state index contributed by atoms with van der Waals surface area (Å²) in [6.07, 6.45) is 1.66. The molecule has 0 radical (unpaired) electrons. The van der Waals surface area contributed by atoms with E-state index in [0.29, 0.717) is 44.5 Å². The van der Waals surface area contributed by atoms with Crippen molar-refractivity contribution in [2.75, 3.05) is 6.61 Å². The minimum atomic E-state index is -1.00. The molecule has 3 aromatic carbocycles. The van der Waals surface area contributed by atoms with E-state index in [1.807, 2.05) is 6.92 Å². The van der Waals surface area contributed by atoms with Crippen LogP contribution >= 0.6 is 23.4 Å². The van der Waals surface area contributed by atoms with Crippen LogP contribution in [0.2, 0.25) is 5.02 Å². The van der Waals surface area contributed by atoms with Gasteiger partial charge in [0.2, 0.25) is 0 Å². The monoisotopic (exact) mass is 526 g/mol. The number of aliphatic imine (C=N–C) groups is 1. The maximum atomic E-state index is 13.1. The first-order valence-corrected chi connectivity index (χ1v) is 12.0. The second-order valence-electron chi connectivity index (χ2n) is 7.51. The van der Waals surface area contributed by atoms with Gasteiger partial charge in [-0.25, -0.2) is 14.2 Å². The smallest absolute Gasteiger partial charge is 0.335 e. The highest BCUT2D eigenvalue weighted by Crippen LogP contribution is 2.39. The van der Waals surface area contributed by atoms with E-state index in [1.54, 1.807) is 30.3 Å². The molecule has 0 saturated carbocycles. The molecule has 4 rings (SSSR count). The predicted molar refractivity (Wildman–Crippen MR) is 138 cm³/mol. The van der Waals surface area contributed by atoms with Gasteiger partial charge in [0.15, 0.2) is 16.7 Å². The van der Waals surface area contributed by atoms with Crippen molar-refractivity contribution < 1.29 is 28.6 Å². The number of thioether (sulfide) groups is 1. The van der Waals surface area contributed by atoms with E-state index in [9.17, 15) is 14.0 Å². The Morgan fingerprint density at radius 3 is 2.53 bits per heavy atom. The molecule has 1 amide bonds. The first-order chi connectivity index (χ1) is 17.3. The van der Waals surface area contributed by atoms with Gasteiger partial charge in [0.05, 0.1) is 27.8 Å². The van der Waals surface area contributed by atoms with E-state index >= 15 is 0 Å². The summed E-state index contributed by atoms with van der Waals surface area (Å²) in [5.41, 5.74) is 2.09. The Balaban J connectivity index is 1.53. The van der Waals surface area contributed by atoms with Crippen molar-refractivity contribution in [1.82, 2.24) is 5.32 Å². The third-order valence-electron chi connectivity index (χ3n) is 4.92. The van der Waals surface area contributed by atoms with Crippen molar-refractivity contribution in [3.8, 4) is 11.5 Å². The van der Waals surface area contributed by atoms with Crippen LogP contribution in [0.5, 0.6) is 11.5 Å². The summed E-state index contributed by atoms with van der Waals surface area (Å²) >= 11 is 7.65. The van der Waals surface area contributed by atoms with Gasteiger partial charge in [-0.3, -0.25) is 4.79 Å². The number of carboxylic acids is 1. The van der Waals surface area contributed by atoms with Gasteiger partial charge in [-0.2, -0.15) is 0 Å². The SMILES string of the molecule is CCOc1cc(/C=C2/SC(=Nc3ccc(F)cc3)NC2=O)cc(Cl)c1OCc1ccc(C(=O)O)cc1. The van der Waals surface area contributed by atoms with Crippen LogP contribution in [0.4, 0.5) is 10.1 Å². The molecule has 1 fully saturated rings. The zero-order valence-electron chi connectivity index (χ0n) is 19.0. The quantitative estimate of drug-likeness (QED) is 0.347. The first kappa shape index (κ1) is 25.3. The molecule has 0 spiro atoms. The standard InChI is InChI=1S/C26H20ClFN2O5S/c1-2-34-21-12-16(11-20(27)23(21)35-14-15-3-5-17(6-4-15)25(32)33)13-22-24(31)30-26(36-22)29-19-9-7-18(28)8-10-19/h3-13H,2,14H2,1H3,(H,32,33)(H,29,30,31)/b22-13+. The number of hydrogen-bond donors (Lipinski definition) is 2. The summed E-state index contributed by atoms with van der Waals surface area (Å²) in [6, 6.07) is 15.3. The summed E-state index contributed by atoms with van der Waals surface area (Å²) < 4.78 is 24.7. The van der Waals surface area contributed by atoms with Crippen LogP contribution in [0.1, 0.15) is 28.4 Å². The highest BCUT2D eigenvalue weighted by atomic mass is 35.5. The number of aromatic carboxylic acids is 1. The third kappa shape index (κ3) is 6.24. The van der Waals surface area contributed by atoms with Crippen molar-refractivity contribution in [2.24, 2.45) is 4.99 Å². The Bertz CT molecular complexity index is 1360. The van der Waals surface area contributed by atoms with Crippen molar-refractivity contribution in [3.05, 3.63) is 93.1 Å². The topological polar surface area (TPSA) is 97.2 Å². The number of carboxylic acid groups (broad SMARTS) is 1. The number of amides is 1. The lowest BCUT2D eigenvalue weighted by Gasteiger charge is -2.15. The molecule has 1 aliphatic heterocycles. The van der Waals surface area contributed by atoms with E-state index < -0.39 is 5.97 Å². The molecule has 184 valence electrons. The maximum Gasteiger partial charge on any atom is 0.335 e. The van der Waals surface area contributed by atoms with Crippen LogP contribution in [0.15, 0.2) is 70.6 Å². The van der Waals surface area contributed by atoms with Crippen LogP contribution in [-0.4, -0.2) is 28.8 Å². The Morgan fingerprint density at radius 1 is 1.14 bits per heavy atom. The highest BCUT2D eigenvalue weighted by molar-refractivity contribution is 8.18. The number of benzene rings is 3. The van der Waals surface area contributed by atoms with Crippen molar-refractivity contribution in [2.45, 2.75) is 13.5 Å². The molecule has 0 aromatic heterocycles. The number of rotatable bonds is 8. The normalized spacial score (nSPS) is 15.2. The van der Waals surface area contributed by atoms with E-state index in [4.69, 9.17) is 26.2 Å². The van der Waals surface area contributed by atoms with Gasteiger partial charge in [0, 0.05) is 0 Å². The van der Waals surface area contributed by atoms with Gasteiger partial charge < -0.3 is 19.9 Å². The number of hydrogen-bond acceptors (Lipinski definition) is 6. The lowest BCUT2D eigenvalue weighted by Crippen LogP contribution is -2.19. The summed E-state index contributed by atoms with van der Waals surface area (Å²) in [4.78, 5) is 28.2. The maximum absolute atomic E-state index is 13.1. The molecule has 0 aliphatic carbocycles. The third-order valence-corrected chi connectivity index (χ3v) is 6.11. The Labute approximate surface area is 215 Å². The minimum Gasteiger partial charge on any atom is -0.490 e. The van der Waals surface area contributed by atoms with E-state index in [2.05, 4.69) is 10.3 Å². The number of nitrogens with one attached hydrogen (secondary N) is 1. The number of halogens is 2. The fourth-order valence-corrected chi connectivity index (χ4v) is 4.35. The average Bonchev–Trinajstić information content (AvgIpc) is 3.18. The summed E-state index contributed by atoms with van der Waals surface area (Å²) in [5.74, 6) is -0.947. The van der Waals surface area contributed by atoms with Crippen molar-refractivity contribution in [3.63, 3.8) is 0 Å². The molecule has 1 aliphatic rings. The van der Waals surface area contributed by atoms with Crippen molar-refractivity contribution in [1.29, 1.82) is 0 Å². The minimum absolute atomic E-state index is 0.154. The van der Waals surface area contributed by atoms with Gasteiger partial charge in [0.1, 0.15) is 12.4 Å². The van der Waals surface area contributed by atoms with Gasteiger partial charge in [-0.05, 0) is 84.4 Å². The van der Waals surface area contributed by atoms with E-state index in [-0.39, 0.29) is 23.9 Å². The van der Waals surface area contributed by atoms with Crippen LogP contribution in [0.25, 0.3) is 6.08 Å². The molecule has 7 nitrogen and oxygen atoms in total. The zero-order chi connectivity index (χ0) is 25.7.